The molecule has 8 heteroatoms. The lowest BCUT2D eigenvalue weighted by Gasteiger charge is -2.16. The summed E-state index contributed by atoms with van der Waals surface area (Å²) in [7, 11) is 0. The Kier molecular flexibility index (Phi) is 5.07. The van der Waals surface area contributed by atoms with Gasteiger partial charge in [-0.15, -0.1) is 0 Å². The fraction of sp³-hybridized carbons (Fsp3) is 0.286. The van der Waals surface area contributed by atoms with Crippen molar-refractivity contribution in [1.29, 1.82) is 0 Å². The van der Waals surface area contributed by atoms with Gasteiger partial charge in [0.1, 0.15) is 0 Å². The average molecular weight is 390 g/mol. The molecule has 0 bridgehead atoms. The zero-order valence-electron chi connectivity index (χ0n) is 16.4. The Morgan fingerprint density at radius 2 is 2.14 bits per heavy atom. The Morgan fingerprint density at radius 1 is 1.28 bits per heavy atom. The summed E-state index contributed by atoms with van der Waals surface area (Å²) in [6, 6.07) is 5.60. The molecule has 0 saturated carbocycles. The van der Waals surface area contributed by atoms with E-state index in [0.717, 1.165) is 22.5 Å². The fourth-order valence-corrected chi connectivity index (χ4v) is 3.60. The van der Waals surface area contributed by atoms with Crippen LogP contribution in [0.1, 0.15) is 39.7 Å². The van der Waals surface area contributed by atoms with Crippen LogP contribution in [0.4, 0.5) is 0 Å². The molecule has 0 unspecified atom stereocenters. The molecule has 0 fully saturated rings. The van der Waals surface area contributed by atoms with Crippen LogP contribution in [0.5, 0.6) is 0 Å². The molecule has 0 aromatic carbocycles. The maximum atomic E-state index is 12.9. The number of carbonyl (C=O) groups is 2. The first-order valence-electron chi connectivity index (χ1n) is 9.55. The molecule has 0 saturated heterocycles. The minimum absolute atomic E-state index is 0.0478. The van der Waals surface area contributed by atoms with E-state index in [2.05, 4.69) is 20.4 Å². The number of nitrogens with zero attached hydrogens (tertiary/aromatic N) is 5. The maximum Gasteiger partial charge on any atom is 0.254 e. The predicted molar refractivity (Wildman–Crippen MR) is 106 cm³/mol. The Balaban J connectivity index is 1.53. The molecule has 1 aliphatic rings. The second-order valence-corrected chi connectivity index (χ2v) is 7.01. The highest BCUT2D eigenvalue weighted by molar-refractivity contribution is 5.98. The number of aryl methyl sites for hydroxylation is 1. The van der Waals surface area contributed by atoms with Crippen LogP contribution in [-0.2, 0) is 24.3 Å². The normalized spacial score (nSPS) is 12.9. The lowest BCUT2D eigenvalue weighted by molar-refractivity contribution is -0.120. The number of rotatable bonds is 6. The van der Waals surface area contributed by atoms with Crippen LogP contribution in [0, 0.1) is 6.92 Å². The minimum Gasteiger partial charge on any atom is -0.356 e. The standard InChI is InChI=1S/C21H22N6O2/c1-3-22-19(28)10-18-17-13-26(21(29)16(17)5-7-23-18)12-15-9-14(2)20(24-11-15)27-8-4-6-25-27/h4-9,11H,3,10,12-13H2,1-2H3,(H,22,28). The van der Waals surface area contributed by atoms with E-state index in [1.807, 2.05) is 32.2 Å². The van der Waals surface area contributed by atoms with Crippen LogP contribution in [0.15, 0.2) is 43.0 Å². The van der Waals surface area contributed by atoms with Gasteiger partial charge in [0.15, 0.2) is 5.82 Å². The molecule has 4 heterocycles. The van der Waals surface area contributed by atoms with Gasteiger partial charge in [0.25, 0.3) is 5.91 Å². The van der Waals surface area contributed by atoms with Crippen molar-refractivity contribution in [2.24, 2.45) is 0 Å². The van der Waals surface area contributed by atoms with Gasteiger partial charge in [0, 0.05) is 55.5 Å². The molecule has 0 aliphatic carbocycles. The topological polar surface area (TPSA) is 93.0 Å². The summed E-state index contributed by atoms with van der Waals surface area (Å²) < 4.78 is 1.72. The number of aromatic nitrogens is 4. The molecule has 1 aliphatic heterocycles. The lowest BCUT2D eigenvalue weighted by Crippen LogP contribution is -2.25. The number of fused-ring (bicyclic) bond motifs is 1. The number of pyridine rings is 2. The van der Waals surface area contributed by atoms with Crippen LogP contribution in [0.2, 0.25) is 0 Å². The molecule has 3 aromatic rings. The van der Waals surface area contributed by atoms with Gasteiger partial charge in [-0.1, -0.05) is 0 Å². The number of carbonyl (C=O) groups excluding carboxylic acids is 2. The Bertz CT molecular complexity index is 1060. The quantitative estimate of drug-likeness (QED) is 0.693. The lowest BCUT2D eigenvalue weighted by atomic mass is 10.1. The molecular weight excluding hydrogens is 368 g/mol. The Morgan fingerprint density at radius 3 is 2.86 bits per heavy atom. The SMILES string of the molecule is CCNC(=O)Cc1nccc2c1CN(Cc1cnc(-n3cccn3)c(C)c1)C2=O. The maximum absolute atomic E-state index is 12.9. The molecule has 29 heavy (non-hydrogen) atoms. The van der Waals surface area contributed by atoms with Gasteiger partial charge in [-0.25, -0.2) is 9.67 Å². The van der Waals surface area contributed by atoms with Crippen molar-refractivity contribution in [3.05, 3.63) is 70.9 Å². The van der Waals surface area contributed by atoms with Gasteiger partial charge in [0.05, 0.1) is 12.1 Å². The van der Waals surface area contributed by atoms with Crippen molar-refractivity contribution < 1.29 is 9.59 Å². The fourth-order valence-electron chi connectivity index (χ4n) is 3.60. The highest BCUT2D eigenvalue weighted by Crippen LogP contribution is 2.27. The number of amides is 2. The first kappa shape index (κ1) is 18.8. The van der Waals surface area contributed by atoms with E-state index < -0.39 is 0 Å². The monoisotopic (exact) mass is 390 g/mol. The number of nitrogens with one attached hydrogen (secondary N) is 1. The zero-order valence-corrected chi connectivity index (χ0v) is 16.4. The molecule has 3 aromatic heterocycles. The van der Waals surface area contributed by atoms with E-state index >= 15 is 0 Å². The number of likely N-dealkylation sites (N-methyl/N-ethyl adjacent to an activating group) is 1. The summed E-state index contributed by atoms with van der Waals surface area (Å²) in [5.74, 6) is 0.630. The first-order chi connectivity index (χ1) is 14.1. The van der Waals surface area contributed by atoms with Gasteiger partial charge < -0.3 is 10.2 Å². The summed E-state index contributed by atoms with van der Waals surface area (Å²) in [6.45, 7) is 5.31. The van der Waals surface area contributed by atoms with E-state index in [0.29, 0.717) is 30.9 Å². The molecule has 148 valence electrons. The van der Waals surface area contributed by atoms with Gasteiger partial charge in [-0.2, -0.15) is 5.10 Å². The van der Waals surface area contributed by atoms with Crippen LogP contribution < -0.4 is 5.32 Å². The van der Waals surface area contributed by atoms with Gasteiger partial charge >= 0.3 is 0 Å². The number of hydrogen-bond acceptors (Lipinski definition) is 5. The zero-order chi connectivity index (χ0) is 20.4. The summed E-state index contributed by atoms with van der Waals surface area (Å²) in [5.41, 5.74) is 4.04. The van der Waals surface area contributed by atoms with E-state index in [1.165, 1.54) is 0 Å². The molecule has 4 rings (SSSR count). The van der Waals surface area contributed by atoms with Crippen molar-refractivity contribution in [1.82, 2.24) is 30.0 Å². The molecular formula is C21H22N6O2. The molecule has 0 spiro atoms. The Hall–Kier alpha value is -3.55. The van der Waals surface area contributed by atoms with Crippen molar-refractivity contribution in [2.75, 3.05) is 6.54 Å². The average Bonchev–Trinajstić information content (AvgIpc) is 3.32. The smallest absolute Gasteiger partial charge is 0.254 e. The van der Waals surface area contributed by atoms with Gasteiger partial charge in [0.2, 0.25) is 5.91 Å². The highest BCUT2D eigenvalue weighted by atomic mass is 16.2. The van der Waals surface area contributed by atoms with E-state index in [9.17, 15) is 9.59 Å². The summed E-state index contributed by atoms with van der Waals surface area (Å²) >= 11 is 0. The van der Waals surface area contributed by atoms with E-state index in [1.54, 1.807) is 34.2 Å². The summed E-state index contributed by atoms with van der Waals surface area (Å²) in [4.78, 5) is 35.4. The molecule has 8 nitrogen and oxygen atoms in total. The third kappa shape index (κ3) is 3.73. The minimum atomic E-state index is -0.0895. The molecule has 0 radical (unpaired) electrons. The van der Waals surface area contributed by atoms with Crippen molar-refractivity contribution in [3.63, 3.8) is 0 Å². The Labute approximate surface area is 168 Å². The van der Waals surface area contributed by atoms with Crippen molar-refractivity contribution >= 4 is 11.8 Å². The highest BCUT2D eigenvalue weighted by Gasteiger charge is 2.30. The van der Waals surface area contributed by atoms with Crippen LogP contribution >= 0.6 is 0 Å². The molecule has 2 amide bonds. The van der Waals surface area contributed by atoms with Crippen LogP contribution in [0.25, 0.3) is 5.82 Å². The number of hydrogen-bond donors (Lipinski definition) is 1. The summed E-state index contributed by atoms with van der Waals surface area (Å²) in [5, 5.41) is 6.99. The third-order valence-corrected chi connectivity index (χ3v) is 4.92. The van der Waals surface area contributed by atoms with Crippen LogP contribution in [0.3, 0.4) is 0 Å². The van der Waals surface area contributed by atoms with Crippen LogP contribution in [-0.4, -0.2) is 43.0 Å². The van der Waals surface area contributed by atoms with Gasteiger partial charge in [-0.05, 0) is 43.2 Å². The molecule has 0 atom stereocenters. The van der Waals surface area contributed by atoms with E-state index in [4.69, 9.17) is 0 Å². The second kappa shape index (κ2) is 7.83. The largest absolute Gasteiger partial charge is 0.356 e. The van der Waals surface area contributed by atoms with Gasteiger partial charge in [-0.3, -0.25) is 14.6 Å². The summed E-state index contributed by atoms with van der Waals surface area (Å²) in [6.07, 6.45) is 7.10. The second-order valence-electron chi connectivity index (χ2n) is 7.01. The van der Waals surface area contributed by atoms with E-state index in [-0.39, 0.29) is 18.2 Å². The first-order valence-corrected chi connectivity index (χ1v) is 9.55. The van der Waals surface area contributed by atoms with Crippen molar-refractivity contribution in [3.8, 4) is 5.82 Å². The van der Waals surface area contributed by atoms with Crippen molar-refractivity contribution in [2.45, 2.75) is 33.4 Å². The predicted octanol–water partition coefficient (Wildman–Crippen LogP) is 1.81. The third-order valence-electron chi connectivity index (χ3n) is 4.92. The molecule has 1 N–H and O–H groups in total.